The zero-order valence-corrected chi connectivity index (χ0v) is 22.5. The van der Waals surface area contributed by atoms with Crippen LogP contribution in [0, 0.1) is 0 Å². The number of hydrogen-bond donors (Lipinski definition) is 0. The van der Waals surface area contributed by atoms with E-state index in [0.29, 0.717) is 17.9 Å². The lowest BCUT2D eigenvalue weighted by Crippen LogP contribution is -2.29. The van der Waals surface area contributed by atoms with Gasteiger partial charge in [0.15, 0.2) is 0 Å². The second-order valence-electron chi connectivity index (χ2n) is 8.28. The van der Waals surface area contributed by atoms with Gasteiger partial charge in [0, 0.05) is 59.7 Å². The minimum atomic E-state index is -3.70. The van der Waals surface area contributed by atoms with Crippen LogP contribution in [0.25, 0.3) is 12.2 Å². The molecule has 0 spiro atoms. The highest BCUT2D eigenvalue weighted by Crippen LogP contribution is 2.10. The van der Waals surface area contributed by atoms with Crippen molar-refractivity contribution >= 4 is 38.5 Å². The molecule has 0 radical (unpaired) electrons. The van der Waals surface area contributed by atoms with Crippen LogP contribution in [0.15, 0.2) is 67.5 Å². The molecule has 37 heavy (non-hydrogen) atoms. The van der Waals surface area contributed by atoms with Gasteiger partial charge in [-0.05, 0) is 17.7 Å². The topological polar surface area (TPSA) is 131 Å². The van der Waals surface area contributed by atoms with Gasteiger partial charge >= 0.3 is 20.4 Å². The van der Waals surface area contributed by atoms with Gasteiger partial charge < -0.3 is 4.90 Å². The van der Waals surface area contributed by atoms with Crippen molar-refractivity contribution in [2.24, 2.45) is 0 Å². The Hall–Kier alpha value is -3.59. The van der Waals surface area contributed by atoms with Crippen molar-refractivity contribution in [1.82, 2.24) is 31.4 Å². The molecule has 12 nitrogen and oxygen atoms in total. The van der Waals surface area contributed by atoms with Gasteiger partial charge in [0.25, 0.3) is 0 Å². The molecular weight excluding hydrogens is 518 g/mol. The molecular formula is C23H29N7O5S2. The summed E-state index contributed by atoms with van der Waals surface area (Å²) in [6.45, 7) is 0.538. The molecule has 1 aromatic carbocycles. The number of hydrogen-bond acceptors (Lipinski definition) is 7. The average molecular weight is 548 g/mol. The first-order valence-corrected chi connectivity index (χ1v) is 13.8. The molecule has 2 heterocycles. The number of benzene rings is 1. The molecule has 0 aliphatic heterocycles. The van der Waals surface area contributed by atoms with Crippen LogP contribution in [-0.2, 0) is 31.8 Å². The standard InChI is InChI=1S/C23H29N7O5S2/c1-26(2)36(32,33)29-16-21(24-18-29)11-8-14-28(15-20-9-6-5-7-10-20)23(31)13-12-22-17-30(19-25-22)37(34,35)27(3)4/h5-13,16-19H,14-15H2,1-4H3/b11-8+,13-12+. The summed E-state index contributed by atoms with van der Waals surface area (Å²) in [4.78, 5) is 22.7. The minimum absolute atomic E-state index is 0.217. The Balaban J connectivity index is 1.76. The molecule has 2 aromatic heterocycles. The summed E-state index contributed by atoms with van der Waals surface area (Å²) in [6, 6.07) is 9.43. The summed E-state index contributed by atoms with van der Waals surface area (Å²) >= 11 is 0. The van der Waals surface area contributed by atoms with E-state index in [0.717, 1.165) is 22.1 Å². The van der Waals surface area contributed by atoms with E-state index in [9.17, 15) is 21.6 Å². The zero-order valence-electron chi connectivity index (χ0n) is 20.9. The van der Waals surface area contributed by atoms with Crippen LogP contribution in [0.2, 0.25) is 0 Å². The van der Waals surface area contributed by atoms with Crippen molar-refractivity contribution in [2.45, 2.75) is 6.54 Å². The maximum Gasteiger partial charge on any atom is 0.308 e. The summed E-state index contributed by atoms with van der Waals surface area (Å²) in [5.74, 6) is -0.320. The van der Waals surface area contributed by atoms with Crippen molar-refractivity contribution in [3.8, 4) is 0 Å². The molecule has 1 amide bonds. The second-order valence-corrected chi connectivity index (χ2v) is 12.4. The van der Waals surface area contributed by atoms with Crippen molar-refractivity contribution in [3.05, 3.63) is 84.5 Å². The summed E-state index contributed by atoms with van der Waals surface area (Å²) in [5, 5.41) is 0. The Kier molecular flexibility index (Phi) is 8.81. The predicted octanol–water partition coefficient (Wildman–Crippen LogP) is 1.14. The van der Waals surface area contributed by atoms with Crippen LogP contribution in [0.3, 0.4) is 0 Å². The lowest BCUT2D eigenvalue weighted by atomic mass is 10.2. The number of amides is 1. The molecule has 3 aromatic rings. The second kappa shape index (κ2) is 11.6. The third-order valence-corrected chi connectivity index (χ3v) is 8.47. The highest BCUT2D eigenvalue weighted by molar-refractivity contribution is 7.87. The van der Waals surface area contributed by atoms with Gasteiger partial charge in [0.2, 0.25) is 5.91 Å². The summed E-state index contributed by atoms with van der Waals surface area (Å²) < 4.78 is 53.0. The maximum absolute atomic E-state index is 13.0. The lowest BCUT2D eigenvalue weighted by molar-refractivity contribution is -0.126. The average Bonchev–Trinajstić information content (AvgIpc) is 3.53. The summed E-state index contributed by atoms with van der Waals surface area (Å²) in [6.07, 6.45) is 11.2. The van der Waals surface area contributed by atoms with E-state index in [1.54, 1.807) is 17.1 Å². The van der Waals surface area contributed by atoms with Crippen LogP contribution in [-0.4, -0.2) is 88.9 Å². The Bertz CT molecular complexity index is 1490. The van der Waals surface area contributed by atoms with Gasteiger partial charge in [-0.3, -0.25) is 4.79 Å². The molecule has 198 valence electrons. The molecule has 0 saturated heterocycles. The fourth-order valence-corrected chi connectivity index (χ4v) is 4.61. The molecule has 3 rings (SSSR count). The Morgan fingerprint density at radius 1 is 0.838 bits per heavy atom. The van der Waals surface area contributed by atoms with Crippen LogP contribution in [0.4, 0.5) is 0 Å². The molecule has 0 unspecified atom stereocenters. The highest BCUT2D eigenvalue weighted by atomic mass is 32.2. The van der Waals surface area contributed by atoms with Crippen LogP contribution in [0.5, 0.6) is 0 Å². The van der Waals surface area contributed by atoms with Gasteiger partial charge in [0.1, 0.15) is 12.7 Å². The minimum Gasteiger partial charge on any atom is -0.331 e. The van der Waals surface area contributed by atoms with Gasteiger partial charge in [-0.25, -0.2) is 17.9 Å². The quantitative estimate of drug-likeness (QED) is 0.329. The number of carbonyl (C=O) groups is 1. The number of imidazole rings is 2. The van der Waals surface area contributed by atoms with Crippen LogP contribution in [0.1, 0.15) is 17.0 Å². The molecule has 0 N–H and O–H groups in total. The molecule has 14 heteroatoms. The molecule has 0 aliphatic rings. The molecule has 0 fully saturated rings. The number of nitrogens with zero attached hydrogens (tertiary/aromatic N) is 7. The summed E-state index contributed by atoms with van der Waals surface area (Å²) in [7, 11) is -1.69. The SMILES string of the molecule is CN(C)S(=O)(=O)n1cnc(/C=C/CN(Cc2ccccc2)C(=O)/C=C/c2cn(S(=O)(=O)N(C)C)cn2)c1. The highest BCUT2D eigenvalue weighted by Gasteiger charge is 2.17. The number of carbonyl (C=O) groups excluding carboxylic acids is 1. The maximum atomic E-state index is 13.0. The molecule has 0 atom stereocenters. The smallest absolute Gasteiger partial charge is 0.308 e. The van der Waals surface area contributed by atoms with Gasteiger partial charge in [-0.2, -0.15) is 25.4 Å². The van der Waals surface area contributed by atoms with E-state index in [-0.39, 0.29) is 12.5 Å². The van der Waals surface area contributed by atoms with Gasteiger partial charge in [0.05, 0.1) is 11.4 Å². The first kappa shape index (κ1) is 28.0. The van der Waals surface area contributed by atoms with Crippen LogP contribution >= 0.6 is 0 Å². The van der Waals surface area contributed by atoms with Crippen molar-refractivity contribution in [3.63, 3.8) is 0 Å². The Morgan fingerprint density at radius 2 is 1.35 bits per heavy atom. The van der Waals surface area contributed by atoms with E-state index in [4.69, 9.17) is 0 Å². The number of aromatic nitrogens is 4. The molecule has 0 aliphatic carbocycles. The van der Waals surface area contributed by atoms with E-state index >= 15 is 0 Å². The predicted molar refractivity (Wildman–Crippen MR) is 140 cm³/mol. The zero-order chi connectivity index (χ0) is 27.2. The van der Waals surface area contributed by atoms with E-state index in [1.807, 2.05) is 30.3 Å². The third-order valence-electron chi connectivity index (χ3n) is 5.15. The van der Waals surface area contributed by atoms with Crippen LogP contribution < -0.4 is 0 Å². The first-order chi connectivity index (χ1) is 17.4. The van der Waals surface area contributed by atoms with E-state index in [1.165, 1.54) is 65.4 Å². The normalized spacial score (nSPS) is 12.8. The van der Waals surface area contributed by atoms with Gasteiger partial charge in [-0.15, -0.1) is 0 Å². The summed E-state index contributed by atoms with van der Waals surface area (Å²) in [5.41, 5.74) is 1.64. The van der Waals surface area contributed by atoms with Crippen molar-refractivity contribution < 1.29 is 21.6 Å². The molecule has 0 saturated carbocycles. The monoisotopic (exact) mass is 547 g/mol. The Labute approximate surface area is 217 Å². The fourth-order valence-electron chi connectivity index (χ4n) is 3.04. The first-order valence-electron chi connectivity index (χ1n) is 11.0. The van der Waals surface area contributed by atoms with E-state index in [2.05, 4.69) is 9.97 Å². The Morgan fingerprint density at radius 3 is 1.86 bits per heavy atom. The lowest BCUT2D eigenvalue weighted by Gasteiger charge is -2.19. The number of rotatable bonds is 11. The molecule has 0 bridgehead atoms. The largest absolute Gasteiger partial charge is 0.331 e. The van der Waals surface area contributed by atoms with Gasteiger partial charge in [-0.1, -0.05) is 36.4 Å². The fraction of sp³-hybridized carbons (Fsp3) is 0.261. The van der Waals surface area contributed by atoms with Crippen molar-refractivity contribution in [1.29, 1.82) is 0 Å². The van der Waals surface area contributed by atoms with Crippen molar-refractivity contribution in [2.75, 3.05) is 34.7 Å². The van der Waals surface area contributed by atoms with E-state index < -0.39 is 20.4 Å². The third kappa shape index (κ3) is 7.01.